The zero-order chi connectivity index (χ0) is 14.5. The van der Waals surface area contributed by atoms with Crippen molar-refractivity contribution in [2.24, 2.45) is 0 Å². The first-order valence-electron chi connectivity index (χ1n) is 7.54. The van der Waals surface area contributed by atoms with Crippen LogP contribution in [-0.4, -0.2) is 30.6 Å². The summed E-state index contributed by atoms with van der Waals surface area (Å²) in [6, 6.07) is 6.85. The summed E-state index contributed by atoms with van der Waals surface area (Å²) in [7, 11) is 0. The summed E-state index contributed by atoms with van der Waals surface area (Å²) in [5.41, 5.74) is 1.18. The van der Waals surface area contributed by atoms with Gasteiger partial charge in [-0.25, -0.2) is 0 Å². The van der Waals surface area contributed by atoms with Crippen LogP contribution in [0.25, 0.3) is 0 Å². The average molecular weight is 315 g/mol. The van der Waals surface area contributed by atoms with Crippen LogP contribution in [0.4, 0.5) is 0 Å². The van der Waals surface area contributed by atoms with Gasteiger partial charge in [0, 0.05) is 35.2 Å². The monoisotopic (exact) mass is 314 g/mol. The van der Waals surface area contributed by atoms with Crippen LogP contribution in [0, 0.1) is 0 Å². The molecule has 1 aliphatic heterocycles. The number of benzene rings is 1. The summed E-state index contributed by atoms with van der Waals surface area (Å²) >= 11 is 12.3. The van der Waals surface area contributed by atoms with E-state index in [-0.39, 0.29) is 0 Å². The molecule has 4 heteroatoms. The lowest BCUT2D eigenvalue weighted by atomic mass is 10.00. The molecule has 0 aliphatic carbocycles. The fourth-order valence-electron chi connectivity index (χ4n) is 2.88. The minimum atomic E-state index is 0.354. The van der Waals surface area contributed by atoms with E-state index < -0.39 is 0 Å². The van der Waals surface area contributed by atoms with E-state index >= 15 is 0 Å². The molecular formula is C16H24Cl2N2. The van der Waals surface area contributed by atoms with E-state index in [1.807, 2.05) is 12.1 Å². The van der Waals surface area contributed by atoms with Crippen LogP contribution in [0.3, 0.4) is 0 Å². The van der Waals surface area contributed by atoms with Gasteiger partial charge in [0.1, 0.15) is 0 Å². The van der Waals surface area contributed by atoms with Crippen molar-refractivity contribution in [1.82, 2.24) is 10.2 Å². The summed E-state index contributed by atoms with van der Waals surface area (Å²) in [4.78, 5) is 2.51. The second-order valence-electron chi connectivity index (χ2n) is 5.61. The summed E-state index contributed by atoms with van der Waals surface area (Å²) < 4.78 is 0. The highest BCUT2D eigenvalue weighted by Gasteiger charge is 2.24. The molecule has 1 atom stereocenters. The maximum atomic E-state index is 6.32. The van der Waals surface area contributed by atoms with Crippen molar-refractivity contribution in [3.05, 3.63) is 33.8 Å². The molecule has 1 aromatic rings. The molecular weight excluding hydrogens is 291 g/mol. The minimum absolute atomic E-state index is 0.354. The molecule has 1 heterocycles. The van der Waals surface area contributed by atoms with Crippen molar-refractivity contribution in [2.45, 2.75) is 45.2 Å². The number of likely N-dealkylation sites (tertiary alicyclic amines) is 1. The van der Waals surface area contributed by atoms with Crippen LogP contribution in [0.5, 0.6) is 0 Å². The molecule has 0 spiro atoms. The number of halogens is 2. The number of nitrogens with zero attached hydrogens (tertiary/aromatic N) is 1. The van der Waals surface area contributed by atoms with E-state index in [4.69, 9.17) is 23.2 Å². The molecule has 1 N–H and O–H groups in total. The van der Waals surface area contributed by atoms with Gasteiger partial charge in [-0.15, -0.1) is 0 Å². The molecule has 0 radical (unpaired) electrons. The van der Waals surface area contributed by atoms with Gasteiger partial charge in [0.25, 0.3) is 0 Å². The van der Waals surface area contributed by atoms with Crippen LogP contribution >= 0.6 is 23.2 Å². The van der Waals surface area contributed by atoms with E-state index in [0.29, 0.717) is 17.1 Å². The Hall–Kier alpha value is -0.280. The summed E-state index contributed by atoms with van der Waals surface area (Å²) in [5.74, 6) is 0. The van der Waals surface area contributed by atoms with E-state index in [1.54, 1.807) is 0 Å². The Labute approximate surface area is 132 Å². The van der Waals surface area contributed by atoms with Gasteiger partial charge in [-0.1, -0.05) is 36.2 Å². The Bertz CT molecular complexity index is 428. The first-order valence-corrected chi connectivity index (χ1v) is 8.29. The van der Waals surface area contributed by atoms with Crippen LogP contribution in [0.2, 0.25) is 10.0 Å². The largest absolute Gasteiger partial charge is 0.314 e. The lowest BCUT2D eigenvalue weighted by molar-refractivity contribution is 0.153. The molecule has 1 aromatic carbocycles. The molecule has 2 rings (SSSR count). The zero-order valence-electron chi connectivity index (χ0n) is 12.3. The number of piperidine rings is 1. The molecule has 1 unspecified atom stereocenters. The predicted molar refractivity (Wildman–Crippen MR) is 87.8 cm³/mol. The molecule has 1 saturated heterocycles. The summed E-state index contributed by atoms with van der Waals surface area (Å²) in [6.07, 6.45) is 3.64. The van der Waals surface area contributed by atoms with Gasteiger partial charge < -0.3 is 5.32 Å². The van der Waals surface area contributed by atoms with Crippen LogP contribution < -0.4 is 5.32 Å². The Morgan fingerprint density at radius 2 is 2.00 bits per heavy atom. The minimum Gasteiger partial charge on any atom is -0.314 e. The molecule has 2 nitrogen and oxygen atoms in total. The number of rotatable bonds is 5. The first-order chi connectivity index (χ1) is 9.61. The SMILES string of the molecule is CCCNC1CCN(C(C)c2ccc(Cl)cc2Cl)CC1. The predicted octanol–water partition coefficient (Wildman–Crippen LogP) is 4.52. The van der Waals surface area contributed by atoms with Crippen LogP contribution in [0.1, 0.15) is 44.7 Å². The van der Waals surface area contributed by atoms with E-state index in [0.717, 1.165) is 24.7 Å². The molecule has 1 aliphatic rings. The number of nitrogens with one attached hydrogen (secondary N) is 1. The molecule has 0 aromatic heterocycles. The van der Waals surface area contributed by atoms with Crippen molar-refractivity contribution >= 4 is 23.2 Å². The van der Waals surface area contributed by atoms with Crippen molar-refractivity contribution in [1.29, 1.82) is 0 Å². The standard InChI is InChI=1S/C16H24Cl2N2/c1-3-8-19-14-6-9-20(10-7-14)12(2)15-5-4-13(17)11-16(15)18/h4-5,11-12,14,19H,3,6-10H2,1-2H3. The van der Waals surface area contributed by atoms with Crippen molar-refractivity contribution in [3.8, 4) is 0 Å². The lowest BCUT2D eigenvalue weighted by Crippen LogP contribution is -2.43. The molecule has 20 heavy (non-hydrogen) atoms. The second kappa shape index (κ2) is 7.65. The average Bonchev–Trinajstić information content (AvgIpc) is 2.45. The van der Waals surface area contributed by atoms with Gasteiger partial charge in [-0.2, -0.15) is 0 Å². The van der Waals surface area contributed by atoms with Crippen LogP contribution in [0.15, 0.2) is 18.2 Å². The second-order valence-corrected chi connectivity index (χ2v) is 6.45. The van der Waals surface area contributed by atoms with Gasteiger partial charge in [0.05, 0.1) is 0 Å². The van der Waals surface area contributed by atoms with Gasteiger partial charge in [-0.05, 0) is 50.4 Å². The Balaban J connectivity index is 1.92. The molecule has 0 amide bonds. The van der Waals surface area contributed by atoms with E-state index in [9.17, 15) is 0 Å². The van der Waals surface area contributed by atoms with E-state index in [1.165, 1.54) is 24.8 Å². The van der Waals surface area contributed by atoms with Crippen molar-refractivity contribution < 1.29 is 0 Å². The van der Waals surface area contributed by atoms with Gasteiger partial charge >= 0.3 is 0 Å². The third-order valence-corrected chi connectivity index (χ3v) is 4.74. The summed E-state index contributed by atoms with van der Waals surface area (Å²) in [5, 5.41) is 5.10. The lowest BCUT2D eigenvalue weighted by Gasteiger charge is -2.36. The Morgan fingerprint density at radius 1 is 1.30 bits per heavy atom. The highest BCUT2D eigenvalue weighted by molar-refractivity contribution is 6.35. The molecule has 1 fully saturated rings. The Morgan fingerprint density at radius 3 is 2.60 bits per heavy atom. The highest BCUT2D eigenvalue weighted by atomic mass is 35.5. The fraction of sp³-hybridized carbons (Fsp3) is 0.625. The maximum absolute atomic E-state index is 6.32. The number of hydrogen-bond acceptors (Lipinski definition) is 2. The first kappa shape index (κ1) is 16.1. The third-order valence-electron chi connectivity index (χ3n) is 4.17. The van der Waals surface area contributed by atoms with Crippen molar-refractivity contribution in [2.75, 3.05) is 19.6 Å². The van der Waals surface area contributed by atoms with Gasteiger partial charge in [0.2, 0.25) is 0 Å². The Kier molecular flexibility index (Phi) is 6.16. The molecule has 0 saturated carbocycles. The van der Waals surface area contributed by atoms with Crippen LogP contribution in [-0.2, 0) is 0 Å². The zero-order valence-corrected chi connectivity index (χ0v) is 13.8. The topological polar surface area (TPSA) is 15.3 Å². The smallest absolute Gasteiger partial charge is 0.0468 e. The number of hydrogen-bond donors (Lipinski definition) is 1. The maximum Gasteiger partial charge on any atom is 0.0468 e. The highest BCUT2D eigenvalue weighted by Crippen LogP contribution is 2.31. The molecule has 0 bridgehead atoms. The van der Waals surface area contributed by atoms with Gasteiger partial charge in [-0.3, -0.25) is 4.90 Å². The molecule has 112 valence electrons. The van der Waals surface area contributed by atoms with Gasteiger partial charge in [0.15, 0.2) is 0 Å². The summed E-state index contributed by atoms with van der Waals surface area (Å²) in [6.45, 7) is 7.83. The quantitative estimate of drug-likeness (QED) is 0.859. The normalized spacial score (nSPS) is 19.2. The van der Waals surface area contributed by atoms with E-state index in [2.05, 4.69) is 30.1 Å². The van der Waals surface area contributed by atoms with Crippen molar-refractivity contribution in [3.63, 3.8) is 0 Å². The fourth-order valence-corrected chi connectivity index (χ4v) is 3.44. The third kappa shape index (κ3) is 4.11.